The van der Waals surface area contributed by atoms with Crippen molar-refractivity contribution in [3.05, 3.63) is 51.5 Å². The van der Waals surface area contributed by atoms with Gasteiger partial charge in [-0.3, -0.25) is 4.79 Å². The fraction of sp³-hybridized carbons (Fsp3) is 0.316. The Kier molecular flexibility index (Phi) is 6.16. The second kappa shape index (κ2) is 8.33. The topological polar surface area (TPSA) is 106 Å². The van der Waals surface area contributed by atoms with Gasteiger partial charge in [0.15, 0.2) is 5.43 Å². The summed E-state index contributed by atoms with van der Waals surface area (Å²) < 4.78 is 10.6. The van der Waals surface area contributed by atoms with Gasteiger partial charge in [0.1, 0.15) is 11.3 Å². The van der Waals surface area contributed by atoms with E-state index in [4.69, 9.17) is 9.15 Å². The Morgan fingerprint density at radius 3 is 2.62 bits per heavy atom. The number of hydrogen-bond acceptors (Lipinski definition) is 6. The summed E-state index contributed by atoms with van der Waals surface area (Å²) in [6.07, 6.45) is 2.71. The Balaban J connectivity index is 2.68. The molecule has 7 nitrogen and oxygen atoms in total. The van der Waals surface area contributed by atoms with Crippen molar-refractivity contribution in [2.75, 3.05) is 11.9 Å². The number of anilines is 1. The van der Waals surface area contributed by atoms with E-state index in [9.17, 15) is 19.5 Å². The van der Waals surface area contributed by atoms with Crippen molar-refractivity contribution in [3.8, 4) is 0 Å². The van der Waals surface area contributed by atoms with Crippen LogP contribution in [0.2, 0.25) is 0 Å². The van der Waals surface area contributed by atoms with E-state index in [1.165, 1.54) is 6.08 Å². The molecule has 0 bridgehead atoms. The van der Waals surface area contributed by atoms with Crippen LogP contribution in [0.15, 0.2) is 39.2 Å². The van der Waals surface area contributed by atoms with Gasteiger partial charge in [-0.25, -0.2) is 9.59 Å². The quantitative estimate of drug-likeness (QED) is 0.577. The second-order valence-corrected chi connectivity index (χ2v) is 5.55. The molecule has 0 aliphatic rings. The molecule has 2 N–H and O–H groups in total. The van der Waals surface area contributed by atoms with E-state index in [0.29, 0.717) is 23.1 Å². The van der Waals surface area contributed by atoms with Gasteiger partial charge in [-0.15, -0.1) is 0 Å². The van der Waals surface area contributed by atoms with Crippen LogP contribution in [0.1, 0.15) is 43.3 Å². The van der Waals surface area contributed by atoms with Crippen molar-refractivity contribution in [3.63, 3.8) is 0 Å². The molecule has 0 saturated heterocycles. The molecule has 2 aromatic rings. The Morgan fingerprint density at radius 1 is 1.31 bits per heavy atom. The van der Waals surface area contributed by atoms with Crippen LogP contribution < -0.4 is 10.7 Å². The Labute approximate surface area is 150 Å². The molecule has 0 spiro atoms. The first-order valence-electron chi connectivity index (χ1n) is 8.36. The van der Waals surface area contributed by atoms with Crippen LogP contribution >= 0.6 is 0 Å². The molecule has 138 valence electrons. The lowest BCUT2D eigenvalue weighted by Crippen LogP contribution is -2.13. The zero-order valence-corrected chi connectivity index (χ0v) is 14.9. The maximum absolute atomic E-state index is 12.4. The number of carboxylic acids is 1. The van der Waals surface area contributed by atoms with Gasteiger partial charge in [0.25, 0.3) is 0 Å². The van der Waals surface area contributed by atoms with E-state index in [0.717, 1.165) is 12.5 Å². The van der Waals surface area contributed by atoms with E-state index >= 15 is 0 Å². The largest absolute Gasteiger partial charge is 0.477 e. The van der Waals surface area contributed by atoms with Crippen molar-refractivity contribution in [1.29, 1.82) is 0 Å². The first kappa shape index (κ1) is 19.2. The van der Waals surface area contributed by atoms with Crippen LogP contribution in [0.4, 0.5) is 5.69 Å². The third-order valence-corrected chi connectivity index (χ3v) is 3.77. The maximum atomic E-state index is 12.4. The van der Waals surface area contributed by atoms with Crippen LogP contribution in [-0.2, 0) is 16.0 Å². The second-order valence-electron chi connectivity index (χ2n) is 5.55. The van der Waals surface area contributed by atoms with E-state index < -0.39 is 11.9 Å². The molecule has 1 heterocycles. The lowest BCUT2D eigenvalue weighted by molar-refractivity contribution is -0.132. The molecule has 0 amide bonds. The van der Waals surface area contributed by atoms with Crippen LogP contribution in [-0.4, -0.2) is 23.7 Å². The first-order valence-corrected chi connectivity index (χ1v) is 8.36. The zero-order valence-electron chi connectivity index (χ0n) is 14.9. The Hall–Kier alpha value is -3.09. The number of fused-ring (bicyclic) bond motifs is 1. The highest BCUT2D eigenvalue weighted by molar-refractivity contribution is 5.94. The molecule has 26 heavy (non-hydrogen) atoms. The summed E-state index contributed by atoms with van der Waals surface area (Å²) >= 11 is 0. The third-order valence-electron chi connectivity index (χ3n) is 3.77. The minimum absolute atomic E-state index is 0.00518. The Bertz CT molecular complexity index is 926. The van der Waals surface area contributed by atoms with Gasteiger partial charge < -0.3 is 19.6 Å². The van der Waals surface area contributed by atoms with Crippen molar-refractivity contribution in [2.24, 2.45) is 0 Å². The molecule has 0 fully saturated rings. The predicted octanol–water partition coefficient (Wildman–Crippen LogP) is 3.32. The van der Waals surface area contributed by atoms with Gasteiger partial charge in [0.05, 0.1) is 12.0 Å². The summed E-state index contributed by atoms with van der Waals surface area (Å²) in [5.41, 5.74) is 1.05. The van der Waals surface area contributed by atoms with Gasteiger partial charge in [-0.1, -0.05) is 19.4 Å². The van der Waals surface area contributed by atoms with E-state index in [2.05, 4.69) is 5.32 Å². The average molecular weight is 359 g/mol. The fourth-order valence-electron chi connectivity index (χ4n) is 2.59. The number of aryl methyl sites for hydroxylation is 1. The first-order chi connectivity index (χ1) is 12.4. The number of nitrogens with one attached hydrogen (secondary N) is 1. The molecule has 7 heteroatoms. The molecule has 1 aromatic carbocycles. The van der Waals surface area contributed by atoms with E-state index in [-0.39, 0.29) is 29.1 Å². The fourth-order valence-corrected chi connectivity index (χ4v) is 2.59. The van der Waals surface area contributed by atoms with Gasteiger partial charge >= 0.3 is 11.9 Å². The molecule has 0 aliphatic carbocycles. The summed E-state index contributed by atoms with van der Waals surface area (Å²) in [5, 5.41) is 12.4. The normalized spacial score (nSPS) is 11.4. The SMILES string of the molecule is CC=C(Nc1ccc2c(=O)cc(C(=O)OCC)oc2c1CCC)C(=O)O. The minimum atomic E-state index is -1.10. The summed E-state index contributed by atoms with van der Waals surface area (Å²) in [7, 11) is 0. The number of ether oxygens (including phenoxy) is 1. The summed E-state index contributed by atoms with van der Waals surface area (Å²) in [4.78, 5) is 35.6. The summed E-state index contributed by atoms with van der Waals surface area (Å²) in [6, 6.07) is 4.30. The number of allylic oxidation sites excluding steroid dienone is 1. The lowest BCUT2D eigenvalue weighted by Gasteiger charge is -2.14. The molecule has 0 unspecified atom stereocenters. The number of carbonyl (C=O) groups is 2. The number of benzene rings is 1. The third kappa shape index (κ3) is 3.93. The van der Waals surface area contributed by atoms with Crippen molar-refractivity contribution < 1.29 is 23.8 Å². The standard InChI is InChI=1S/C19H21NO6/c1-4-7-11-14(20-13(5-2)18(22)23)9-8-12-15(21)10-16(26-17(11)12)19(24)25-6-3/h5,8-10,20H,4,6-7H2,1-3H3,(H,22,23). The number of aliphatic carboxylic acids is 1. The predicted molar refractivity (Wildman–Crippen MR) is 97.5 cm³/mol. The van der Waals surface area contributed by atoms with Crippen molar-refractivity contribution >= 4 is 28.6 Å². The molecule has 1 aromatic heterocycles. The van der Waals surface area contributed by atoms with Crippen LogP contribution in [0.3, 0.4) is 0 Å². The average Bonchev–Trinajstić information content (AvgIpc) is 2.61. The lowest BCUT2D eigenvalue weighted by atomic mass is 10.0. The number of hydrogen-bond donors (Lipinski definition) is 2. The van der Waals surface area contributed by atoms with E-state index in [1.54, 1.807) is 26.0 Å². The smallest absolute Gasteiger partial charge is 0.374 e. The molecule has 0 atom stereocenters. The monoisotopic (exact) mass is 359 g/mol. The van der Waals surface area contributed by atoms with Gasteiger partial charge in [-0.05, 0) is 32.4 Å². The maximum Gasteiger partial charge on any atom is 0.374 e. The van der Waals surface area contributed by atoms with Crippen LogP contribution in [0, 0.1) is 0 Å². The summed E-state index contributed by atoms with van der Waals surface area (Å²) in [5.74, 6) is -1.99. The van der Waals surface area contributed by atoms with E-state index in [1.807, 2.05) is 6.92 Å². The molecule has 0 radical (unpaired) electrons. The summed E-state index contributed by atoms with van der Waals surface area (Å²) in [6.45, 7) is 5.37. The highest BCUT2D eigenvalue weighted by atomic mass is 16.5. The highest BCUT2D eigenvalue weighted by Gasteiger charge is 2.18. The minimum Gasteiger partial charge on any atom is -0.477 e. The van der Waals surface area contributed by atoms with Crippen LogP contribution in [0.25, 0.3) is 11.0 Å². The zero-order chi connectivity index (χ0) is 19.3. The molecule has 0 aliphatic heterocycles. The van der Waals surface area contributed by atoms with Gasteiger partial charge in [-0.2, -0.15) is 0 Å². The molecular weight excluding hydrogens is 338 g/mol. The van der Waals surface area contributed by atoms with Crippen molar-refractivity contribution in [1.82, 2.24) is 0 Å². The number of esters is 1. The number of carbonyl (C=O) groups excluding carboxylic acids is 1. The highest BCUT2D eigenvalue weighted by Crippen LogP contribution is 2.28. The van der Waals surface area contributed by atoms with Gasteiger partial charge in [0, 0.05) is 17.3 Å². The molecule has 2 rings (SSSR count). The number of carboxylic acid groups (broad SMARTS) is 1. The van der Waals surface area contributed by atoms with Gasteiger partial charge in [0.2, 0.25) is 5.76 Å². The number of rotatable bonds is 7. The molecular formula is C19H21NO6. The molecule has 0 saturated carbocycles. The Morgan fingerprint density at radius 2 is 2.04 bits per heavy atom. The van der Waals surface area contributed by atoms with Crippen LogP contribution in [0.5, 0.6) is 0 Å². The van der Waals surface area contributed by atoms with Crippen molar-refractivity contribution in [2.45, 2.75) is 33.6 Å².